The average molecular weight is 508 g/mol. The Balaban J connectivity index is 1.28. The molecular weight excluding hydrogens is 473 g/mol. The number of hydrogen-bond donors (Lipinski definition) is 2. The lowest BCUT2D eigenvalue weighted by Gasteiger charge is -2.38. The molecule has 3 fully saturated rings. The van der Waals surface area contributed by atoms with Crippen LogP contribution in [-0.2, 0) is 4.74 Å². The minimum atomic E-state index is -1.70. The molecule has 0 saturated carbocycles. The number of aliphatic hydroxyl groups is 1. The lowest BCUT2D eigenvalue weighted by atomic mass is 9.94. The van der Waals surface area contributed by atoms with Gasteiger partial charge in [0.05, 0.1) is 25.9 Å². The van der Waals surface area contributed by atoms with Gasteiger partial charge in [-0.1, -0.05) is 13.8 Å². The fraction of sp³-hybridized carbons (Fsp3) is 0.556. The third-order valence-corrected chi connectivity index (χ3v) is 7.99. The molecule has 37 heavy (non-hydrogen) atoms. The fourth-order valence-electron chi connectivity index (χ4n) is 5.79. The van der Waals surface area contributed by atoms with Gasteiger partial charge in [-0.3, -0.25) is 0 Å². The number of alkyl halides is 1. The van der Waals surface area contributed by atoms with E-state index in [1.54, 1.807) is 17.2 Å². The van der Waals surface area contributed by atoms with Crippen LogP contribution in [0.15, 0.2) is 30.7 Å². The minimum Gasteiger partial charge on any atom is -0.390 e. The molecule has 4 atom stereocenters. The number of hydrogen-bond acceptors (Lipinski definition) is 9. The molecule has 0 amide bonds. The van der Waals surface area contributed by atoms with E-state index >= 15 is 0 Å². The second kappa shape index (κ2) is 9.33. The zero-order chi connectivity index (χ0) is 25.7. The highest BCUT2D eigenvalue weighted by atomic mass is 19.1. The third kappa shape index (κ3) is 4.57. The molecule has 0 radical (unpaired) electrons. The van der Waals surface area contributed by atoms with Crippen LogP contribution in [0.5, 0.6) is 0 Å². The molecule has 0 aromatic carbocycles. The van der Waals surface area contributed by atoms with E-state index in [1.165, 1.54) is 12.5 Å². The molecule has 6 heterocycles. The predicted octanol–water partition coefficient (Wildman–Crippen LogP) is 3.67. The zero-order valence-corrected chi connectivity index (χ0v) is 21.6. The number of nitrogens with zero attached hydrogens (tertiary/aromatic N) is 6. The van der Waals surface area contributed by atoms with E-state index in [4.69, 9.17) is 14.7 Å². The average Bonchev–Trinajstić information content (AvgIpc) is 3.47. The van der Waals surface area contributed by atoms with E-state index < -0.39 is 11.8 Å². The first-order valence-electron chi connectivity index (χ1n) is 13.1. The summed E-state index contributed by atoms with van der Waals surface area (Å²) in [6, 6.07) is 3.84. The van der Waals surface area contributed by atoms with Crippen molar-refractivity contribution in [3.63, 3.8) is 0 Å². The van der Waals surface area contributed by atoms with Crippen molar-refractivity contribution in [3.05, 3.63) is 36.3 Å². The van der Waals surface area contributed by atoms with Crippen molar-refractivity contribution in [3.8, 4) is 0 Å². The summed E-state index contributed by atoms with van der Waals surface area (Å²) >= 11 is 0. The van der Waals surface area contributed by atoms with Gasteiger partial charge in [-0.2, -0.15) is 4.98 Å². The Hall–Kier alpha value is -3.11. The van der Waals surface area contributed by atoms with E-state index in [9.17, 15) is 9.50 Å². The van der Waals surface area contributed by atoms with Crippen LogP contribution in [0.4, 0.5) is 27.8 Å². The first-order chi connectivity index (χ1) is 17.8. The Bertz CT molecular complexity index is 1290. The van der Waals surface area contributed by atoms with E-state index in [0.717, 1.165) is 42.9 Å². The van der Waals surface area contributed by atoms with Crippen LogP contribution < -0.4 is 15.1 Å². The Kier molecular flexibility index (Phi) is 6.11. The van der Waals surface area contributed by atoms with E-state index in [0.29, 0.717) is 48.3 Å². The maximum atomic E-state index is 14.7. The molecule has 0 aliphatic carbocycles. The van der Waals surface area contributed by atoms with Crippen molar-refractivity contribution in [1.29, 1.82) is 0 Å². The Morgan fingerprint density at radius 3 is 2.59 bits per heavy atom. The summed E-state index contributed by atoms with van der Waals surface area (Å²) in [4.78, 5) is 22.7. The number of ether oxygens (including phenoxy) is 1. The largest absolute Gasteiger partial charge is 0.390 e. The molecule has 3 aliphatic rings. The number of halogens is 1. The van der Waals surface area contributed by atoms with Gasteiger partial charge in [0.15, 0.2) is 5.67 Å². The van der Waals surface area contributed by atoms with Crippen LogP contribution in [0, 0.1) is 11.8 Å². The quantitative estimate of drug-likeness (QED) is 0.536. The van der Waals surface area contributed by atoms with E-state index in [-0.39, 0.29) is 6.54 Å². The molecule has 0 unspecified atom stereocenters. The molecule has 196 valence electrons. The van der Waals surface area contributed by atoms with Gasteiger partial charge < -0.3 is 25.0 Å². The topological polar surface area (TPSA) is 99.5 Å². The van der Waals surface area contributed by atoms with Gasteiger partial charge in [0.25, 0.3) is 0 Å². The summed E-state index contributed by atoms with van der Waals surface area (Å²) in [7, 11) is 0. The Morgan fingerprint density at radius 1 is 1.08 bits per heavy atom. The summed E-state index contributed by atoms with van der Waals surface area (Å²) in [5.74, 6) is 4.12. The summed E-state index contributed by atoms with van der Waals surface area (Å²) in [6.45, 7) is 9.89. The first kappa shape index (κ1) is 24.2. The SMILES string of the molecule is CC(C)c1cnc(N2C[C@H]3COC[C@H]3C2)c2cnc(Nc3ccnc(N4CC[C@@H](O)[C@@](C)(F)C4)n3)cc12. The van der Waals surface area contributed by atoms with Crippen molar-refractivity contribution < 1.29 is 14.2 Å². The van der Waals surface area contributed by atoms with E-state index in [1.807, 2.05) is 12.4 Å². The molecule has 2 N–H and O–H groups in total. The molecular formula is C27H34FN7O2. The van der Waals surface area contributed by atoms with Crippen LogP contribution in [0.25, 0.3) is 10.8 Å². The standard InChI is InChI=1S/C27H34FN7O2/c1-16(2)20-9-31-25(35-11-17-13-37-14-18(17)12-35)21-10-30-24(8-19(20)21)32-23-4-6-29-26(33-23)34-7-5-22(36)27(3,28)15-34/h4,6,8-10,16-18,22,36H,5,7,11-15H2,1-3H3,(H,29,30,32,33)/t17-,18+,22-,27+/m1/s1. The molecule has 6 rings (SSSR count). The summed E-state index contributed by atoms with van der Waals surface area (Å²) in [6.07, 6.45) is 4.91. The van der Waals surface area contributed by atoms with Crippen LogP contribution in [-0.4, -0.2) is 76.2 Å². The monoisotopic (exact) mass is 507 g/mol. The van der Waals surface area contributed by atoms with Gasteiger partial charge in [-0.05, 0) is 42.3 Å². The number of aromatic nitrogens is 4. The Morgan fingerprint density at radius 2 is 1.86 bits per heavy atom. The molecule has 10 heteroatoms. The van der Waals surface area contributed by atoms with Crippen LogP contribution in [0.3, 0.4) is 0 Å². The molecule has 0 spiro atoms. The first-order valence-corrected chi connectivity index (χ1v) is 13.1. The van der Waals surface area contributed by atoms with Crippen molar-refractivity contribution in [1.82, 2.24) is 19.9 Å². The summed E-state index contributed by atoms with van der Waals surface area (Å²) < 4.78 is 20.4. The third-order valence-electron chi connectivity index (χ3n) is 7.99. The number of aliphatic hydroxyl groups excluding tert-OH is 1. The smallest absolute Gasteiger partial charge is 0.227 e. The normalized spacial score (nSPS) is 27.8. The van der Waals surface area contributed by atoms with Gasteiger partial charge in [0.2, 0.25) is 5.95 Å². The molecule has 0 bridgehead atoms. The summed E-state index contributed by atoms with van der Waals surface area (Å²) in [5, 5.41) is 15.4. The second-order valence-corrected chi connectivity index (χ2v) is 11.1. The predicted molar refractivity (Wildman–Crippen MR) is 141 cm³/mol. The highest BCUT2D eigenvalue weighted by Crippen LogP contribution is 2.37. The molecule has 3 aromatic heterocycles. The highest BCUT2D eigenvalue weighted by Gasteiger charge is 2.40. The molecule has 3 saturated heterocycles. The molecule has 9 nitrogen and oxygen atoms in total. The Labute approximate surface area is 216 Å². The maximum Gasteiger partial charge on any atom is 0.227 e. The van der Waals surface area contributed by atoms with Crippen molar-refractivity contribution in [2.24, 2.45) is 11.8 Å². The molecule has 3 aromatic rings. The van der Waals surface area contributed by atoms with Crippen molar-refractivity contribution >= 4 is 34.2 Å². The number of rotatable bonds is 5. The van der Waals surface area contributed by atoms with Crippen molar-refractivity contribution in [2.45, 2.75) is 44.9 Å². The maximum absolute atomic E-state index is 14.7. The number of piperidine rings is 1. The van der Waals surface area contributed by atoms with Gasteiger partial charge in [-0.25, -0.2) is 19.3 Å². The van der Waals surface area contributed by atoms with Crippen LogP contribution >= 0.6 is 0 Å². The molecule has 3 aliphatic heterocycles. The minimum absolute atomic E-state index is 0.0453. The lowest BCUT2D eigenvalue weighted by Crippen LogP contribution is -2.52. The van der Waals surface area contributed by atoms with Gasteiger partial charge >= 0.3 is 0 Å². The van der Waals surface area contributed by atoms with Crippen LogP contribution in [0.2, 0.25) is 0 Å². The fourth-order valence-corrected chi connectivity index (χ4v) is 5.79. The lowest BCUT2D eigenvalue weighted by molar-refractivity contribution is -0.00860. The van der Waals surface area contributed by atoms with E-state index in [2.05, 4.69) is 40.1 Å². The highest BCUT2D eigenvalue weighted by molar-refractivity contribution is 5.95. The van der Waals surface area contributed by atoms with Crippen molar-refractivity contribution in [2.75, 3.05) is 54.5 Å². The zero-order valence-electron chi connectivity index (χ0n) is 21.6. The second-order valence-electron chi connectivity index (χ2n) is 11.1. The van der Waals surface area contributed by atoms with Gasteiger partial charge in [0, 0.05) is 55.4 Å². The van der Waals surface area contributed by atoms with Crippen LogP contribution in [0.1, 0.15) is 38.7 Å². The van der Waals surface area contributed by atoms with Gasteiger partial charge in [0.1, 0.15) is 17.5 Å². The number of fused-ring (bicyclic) bond motifs is 2. The number of nitrogens with one attached hydrogen (secondary N) is 1. The van der Waals surface area contributed by atoms with Gasteiger partial charge in [-0.15, -0.1) is 0 Å². The summed E-state index contributed by atoms with van der Waals surface area (Å²) in [5.41, 5.74) is -0.533. The number of anilines is 4. The number of pyridine rings is 2.